The van der Waals surface area contributed by atoms with Crippen LogP contribution in [0.25, 0.3) is 22.4 Å². The predicted octanol–water partition coefficient (Wildman–Crippen LogP) is 4.15. The molecule has 0 radical (unpaired) electrons. The fraction of sp³-hybridized carbons (Fsp3) is 0.400. The van der Waals surface area contributed by atoms with Gasteiger partial charge in [-0.25, -0.2) is 19.9 Å². The molecule has 4 aromatic heterocycles. The molecule has 0 unspecified atom stereocenters. The molecule has 2 aliphatic rings. The van der Waals surface area contributed by atoms with Crippen molar-refractivity contribution in [3.63, 3.8) is 0 Å². The normalized spacial score (nSPS) is 20.2. The number of imidazole rings is 1. The van der Waals surface area contributed by atoms with Crippen LogP contribution >= 0.6 is 0 Å². The van der Waals surface area contributed by atoms with Gasteiger partial charge in [0, 0.05) is 30.0 Å². The molecule has 6 rings (SSSR count). The van der Waals surface area contributed by atoms with Crippen LogP contribution in [0, 0.1) is 22.7 Å². The van der Waals surface area contributed by atoms with Gasteiger partial charge in [-0.05, 0) is 51.0 Å². The van der Waals surface area contributed by atoms with E-state index in [2.05, 4.69) is 42.1 Å². The van der Waals surface area contributed by atoms with Crippen molar-refractivity contribution >= 4 is 17.1 Å². The van der Waals surface area contributed by atoms with Gasteiger partial charge in [0.25, 0.3) is 0 Å². The number of pyridine rings is 1. The first-order valence-corrected chi connectivity index (χ1v) is 12.0. The second-order valence-electron chi connectivity index (χ2n) is 9.35. The Balaban J connectivity index is 1.21. The van der Waals surface area contributed by atoms with Crippen molar-refractivity contribution in [3.05, 3.63) is 48.3 Å². The van der Waals surface area contributed by atoms with Crippen molar-refractivity contribution in [2.24, 2.45) is 0 Å². The van der Waals surface area contributed by atoms with E-state index in [0.717, 1.165) is 55.3 Å². The van der Waals surface area contributed by atoms with Crippen LogP contribution in [-0.4, -0.2) is 40.3 Å². The first kappa shape index (κ1) is 21.2. The Bertz CT molecular complexity index is 1470. The Morgan fingerprint density at radius 2 is 1.80 bits per heavy atom. The Labute approximate surface area is 202 Å². The molecule has 2 saturated carbocycles. The van der Waals surface area contributed by atoms with Crippen LogP contribution < -0.4 is 5.32 Å². The highest BCUT2D eigenvalue weighted by Gasteiger charge is 2.26. The van der Waals surface area contributed by atoms with E-state index < -0.39 is 0 Å². The van der Waals surface area contributed by atoms with Crippen LogP contribution in [0.4, 0.5) is 5.95 Å². The lowest BCUT2D eigenvalue weighted by Crippen LogP contribution is -2.29. The minimum Gasteiger partial charge on any atom is -0.351 e. The highest BCUT2D eigenvalue weighted by atomic mass is 15.3. The van der Waals surface area contributed by atoms with Crippen LogP contribution in [0.3, 0.4) is 0 Å². The minimum atomic E-state index is 0.183. The highest BCUT2D eigenvalue weighted by molar-refractivity contribution is 5.72. The lowest BCUT2D eigenvalue weighted by molar-refractivity contribution is 0.289. The molecule has 4 aromatic rings. The van der Waals surface area contributed by atoms with Gasteiger partial charge in [0.2, 0.25) is 5.95 Å². The standard InChI is InChI=1S/C25H24N10/c26-9-16-7-22-24(28-11-16)34(15-30-22)21-6-1-3-19(8-21)32-25-29-12-17(10-27)23(33-25)18-13-31-35(14-18)20-4-2-5-20/h7,11-15,19-21H,1-6,8H2,(H,29,32,33)/t19-,21+/m1/s1. The van der Waals surface area contributed by atoms with Gasteiger partial charge in [0.05, 0.1) is 41.6 Å². The molecule has 0 saturated heterocycles. The van der Waals surface area contributed by atoms with Crippen molar-refractivity contribution in [1.82, 2.24) is 34.3 Å². The third kappa shape index (κ3) is 3.97. The molecule has 0 amide bonds. The van der Waals surface area contributed by atoms with E-state index in [9.17, 15) is 5.26 Å². The summed E-state index contributed by atoms with van der Waals surface area (Å²) in [7, 11) is 0. The van der Waals surface area contributed by atoms with E-state index in [-0.39, 0.29) is 12.1 Å². The number of fused-ring (bicyclic) bond motifs is 1. The summed E-state index contributed by atoms with van der Waals surface area (Å²) in [6, 6.07) is 6.98. The predicted molar refractivity (Wildman–Crippen MR) is 128 cm³/mol. The third-order valence-corrected chi connectivity index (χ3v) is 7.15. The van der Waals surface area contributed by atoms with Crippen molar-refractivity contribution in [3.8, 4) is 23.4 Å². The number of nitrogens with one attached hydrogen (secondary N) is 1. The SMILES string of the molecule is N#Cc1cnc2c(c1)ncn2[C@H]1CCC[C@@H](Nc2ncc(C#N)c(-c3cnn(C4CCC4)c3)n2)C1. The quantitative estimate of drug-likeness (QED) is 0.465. The van der Waals surface area contributed by atoms with Gasteiger partial charge in [-0.1, -0.05) is 0 Å². The Morgan fingerprint density at radius 3 is 2.60 bits per heavy atom. The molecule has 2 atom stereocenters. The van der Waals surface area contributed by atoms with Crippen molar-refractivity contribution in [2.75, 3.05) is 5.32 Å². The molecule has 1 N–H and O–H groups in total. The van der Waals surface area contributed by atoms with E-state index >= 15 is 0 Å². The van der Waals surface area contributed by atoms with E-state index in [0.29, 0.717) is 28.8 Å². The maximum atomic E-state index is 9.62. The fourth-order valence-electron chi connectivity index (χ4n) is 5.04. The van der Waals surface area contributed by atoms with Gasteiger partial charge in [0.1, 0.15) is 17.7 Å². The zero-order valence-electron chi connectivity index (χ0n) is 19.2. The summed E-state index contributed by atoms with van der Waals surface area (Å²) in [6.45, 7) is 0. The molecule has 10 nitrogen and oxygen atoms in total. The number of hydrogen-bond acceptors (Lipinski definition) is 8. The molecule has 0 aromatic carbocycles. The smallest absolute Gasteiger partial charge is 0.223 e. The Hall–Kier alpha value is -4.31. The summed E-state index contributed by atoms with van der Waals surface area (Å²) < 4.78 is 4.11. The summed E-state index contributed by atoms with van der Waals surface area (Å²) >= 11 is 0. The molecule has 174 valence electrons. The molecule has 2 fully saturated rings. The summed E-state index contributed by atoms with van der Waals surface area (Å²) in [5.74, 6) is 0.522. The Morgan fingerprint density at radius 1 is 0.943 bits per heavy atom. The van der Waals surface area contributed by atoms with Crippen LogP contribution in [0.1, 0.15) is 68.2 Å². The zero-order valence-corrected chi connectivity index (χ0v) is 19.2. The maximum Gasteiger partial charge on any atom is 0.223 e. The van der Waals surface area contributed by atoms with Crippen LogP contribution in [0.15, 0.2) is 37.2 Å². The molecular weight excluding hydrogens is 440 g/mol. The van der Waals surface area contributed by atoms with Gasteiger partial charge < -0.3 is 9.88 Å². The molecule has 0 aliphatic heterocycles. The van der Waals surface area contributed by atoms with Crippen LogP contribution in [-0.2, 0) is 0 Å². The number of nitriles is 2. The molecule has 0 bridgehead atoms. The van der Waals surface area contributed by atoms with Gasteiger partial charge in [0.15, 0.2) is 5.65 Å². The second-order valence-corrected chi connectivity index (χ2v) is 9.35. The zero-order chi connectivity index (χ0) is 23.8. The van der Waals surface area contributed by atoms with Crippen molar-refractivity contribution in [2.45, 2.75) is 63.1 Å². The van der Waals surface area contributed by atoms with E-state index in [4.69, 9.17) is 10.2 Å². The van der Waals surface area contributed by atoms with Crippen LogP contribution in [0.5, 0.6) is 0 Å². The number of anilines is 1. The topological polar surface area (TPSA) is 134 Å². The Kier molecular flexibility index (Phi) is 5.34. The molecule has 4 heterocycles. The lowest BCUT2D eigenvalue weighted by Gasteiger charge is -2.30. The van der Waals surface area contributed by atoms with Gasteiger partial charge >= 0.3 is 0 Å². The first-order chi connectivity index (χ1) is 17.2. The van der Waals surface area contributed by atoms with Crippen molar-refractivity contribution < 1.29 is 0 Å². The highest BCUT2D eigenvalue weighted by Crippen LogP contribution is 2.34. The largest absolute Gasteiger partial charge is 0.351 e. The number of aromatic nitrogens is 7. The molecular formula is C25H24N10. The maximum absolute atomic E-state index is 9.62. The summed E-state index contributed by atoms with van der Waals surface area (Å²) in [4.78, 5) is 18.1. The van der Waals surface area contributed by atoms with Crippen molar-refractivity contribution in [1.29, 1.82) is 10.5 Å². The van der Waals surface area contributed by atoms with E-state index in [1.807, 2.05) is 17.2 Å². The van der Waals surface area contributed by atoms with Gasteiger partial charge in [-0.15, -0.1) is 0 Å². The summed E-state index contributed by atoms with van der Waals surface area (Å²) in [5.41, 5.74) is 3.95. The van der Waals surface area contributed by atoms with E-state index in [1.54, 1.807) is 24.7 Å². The minimum absolute atomic E-state index is 0.183. The molecule has 2 aliphatic carbocycles. The molecule has 10 heteroatoms. The van der Waals surface area contributed by atoms with Crippen LogP contribution in [0.2, 0.25) is 0 Å². The second kappa shape index (κ2) is 8.80. The number of rotatable bonds is 5. The summed E-state index contributed by atoms with van der Waals surface area (Å²) in [6.07, 6.45) is 16.3. The summed E-state index contributed by atoms with van der Waals surface area (Å²) in [5, 5.41) is 26.7. The lowest BCUT2D eigenvalue weighted by atomic mass is 9.91. The first-order valence-electron chi connectivity index (χ1n) is 12.0. The number of nitrogens with zero attached hydrogens (tertiary/aromatic N) is 9. The average molecular weight is 465 g/mol. The molecule has 0 spiro atoms. The number of hydrogen-bond donors (Lipinski definition) is 1. The fourth-order valence-corrected chi connectivity index (χ4v) is 5.04. The monoisotopic (exact) mass is 464 g/mol. The van der Waals surface area contributed by atoms with Gasteiger partial charge in [-0.2, -0.15) is 15.6 Å². The third-order valence-electron chi connectivity index (χ3n) is 7.15. The van der Waals surface area contributed by atoms with Gasteiger partial charge in [-0.3, -0.25) is 4.68 Å². The molecule has 35 heavy (non-hydrogen) atoms. The average Bonchev–Trinajstić information content (AvgIpc) is 3.50. The van der Waals surface area contributed by atoms with E-state index in [1.165, 1.54) is 6.42 Å².